The highest BCUT2D eigenvalue weighted by atomic mass is 35.5. The van der Waals surface area contributed by atoms with Gasteiger partial charge in [0, 0.05) is 17.5 Å². The molecule has 0 atom stereocenters. The number of rotatable bonds is 7. The first-order valence-corrected chi connectivity index (χ1v) is 10.4. The first-order valence-electron chi connectivity index (χ1n) is 9.00. The monoisotopic (exact) mass is 406 g/mol. The van der Waals surface area contributed by atoms with Crippen LogP contribution in [0.2, 0.25) is 5.02 Å². The summed E-state index contributed by atoms with van der Waals surface area (Å²) in [5, 5.41) is 9.91. The van der Waals surface area contributed by atoms with Gasteiger partial charge >= 0.3 is 0 Å². The molecule has 3 aromatic rings. The molecule has 0 unspecified atom stereocenters. The molecule has 6 nitrogen and oxygen atoms in total. The maximum atomic E-state index is 13.0. The van der Waals surface area contributed by atoms with Gasteiger partial charge in [-0.3, -0.25) is 9.36 Å². The SMILES string of the molecule is CC(C)CCn1c(SCc2nnc(C(C)C)o2)nc2cc(Cl)ccc2c1=O. The zero-order valence-corrected chi connectivity index (χ0v) is 17.5. The summed E-state index contributed by atoms with van der Waals surface area (Å²) >= 11 is 7.51. The quantitative estimate of drug-likeness (QED) is 0.410. The third kappa shape index (κ3) is 4.71. The molecule has 0 saturated carbocycles. The molecule has 3 rings (SSSR count). The van der Waals surface area contributed by atoms with Crippen molar-refractivity contribution < 1.29 is 4.42 Å². The Balaban J connectivity index is 1.94. The van der Waals surface area contributed by atoms with Crippen molar-refractivity contribution in [3.05, 3.63) is 45.4 Å². The minimum Gasteiger partial charge on any atom is -0.424 e. The van der Waals surface area contributed by atoms with Gasteiger partial charge in [0.1, 0.15) is 0 Å². The average molecular weight is 407 g/mol. The molecular weight excluding hydrogens is 384 g/mol. The van der Waals surface area contributed by atoms with E-state index in [1.165, 1.54) is 11.8 Å². The number of halogens is 1. The number of benzene rings is 1. The molecular formula is C19H23ClN4O2S. The molecule has 144 valence electrons. The maximum Gasteiger partial charge on any atom is 0.262 e. The van der Waals surface area contributed by atoms with Crippen LogP contribution in [0.25, 0.3) is 10.9 Å². The molecule has 0 amide bonds. The second-order valence-electron chi connectivity index (χ2n) is 7.17. The van der Waals surface area contributed by atoms with Crippen molar-refractivity contribution in [3.63, 3.8) is 0 Å². The van der Waals surface area contributed by atoms with Gasteiger partial charge in [-0.1, -0.05) is 51.1 Å². The van der Waals surface area contributed by atoms with Gasteiger partial charge in [-0.25, -0.2) is 4.98 Å². The topological polar surface area (TPSA) is 73.8 Å². The van der Waals surface area contributed by atoms with Gasteiger partial charge in [0.05, 0.1) is 16.7 Å². The Hall–Kier alpha value is -1.86. The van der Waals surface area contributed by atoms with E-state index in [-0.39, 0.29) is 11.5 Å². The molecule has 27 heavy (non-hydrogen) atoms. The average Bonchev–Trinajstić information content (AvgIpc) is 3.08. The Morgan fingerprint density at radius 2 is 2.00 bits per heavy atom. The van der Waals surface area contributed by atoms with Crippen LogP contribution in [0.1, 0.15) is 51.8 Å². The van der Waals surface area contributed by atoms with Crippen LogP contribution in [-0.4, -0.2) is 19.7 Å². The van der Waals surface area contributed by atoms with Gasteiger partial charge in [-0.2, -0.15) is 0 Å². The summed E-state index contributed by atoms with van der Waals surface area (Å²) in [6, 6.07) is 5.18. The smallest absolute Gasteiger partial charge is 0.262 e. The molecule has 2 aromatic heterocycles. The van der Waals surface area contributed by atoms with E-state index >= 15 is 0 Å². The van der Waals surface area contributed by atoms with Crippen molar-refractivity contribution in [2.75, 3.05) is 0 Å². The minimum absolute atomic E-state index is 0.0479. The minimum atomic E-state index is -0.0479. The lowest BCUT2D eigenvalue weighted by molar-refractivity contribution is 0.444. The Bertz CT molecular complexity index is 997. The number of thioether (sulfide) groups is 1. The van der Waals surface area contributed by atoms with E-state index in [1.807, 2.05) is 13.8 Å². The van der Waals surface area contributed by atoms with Crippen LogP contribution in [0, 0.1) is 5.92 Å². The predicted octanol–water partition coefficient (Wildman–Crippen LogP) is 4.89. The Morgan fingerprint density at radius 3 is 2.67 bits per heavy atom. The van der Waals surface area contributed by atoms with Crippen molar-refractivity contribution in [1.82, 2.24) is 19.7 Å². The molecule has 0 N–H and O–H groups in total. The summed E-state index contributed by atoms with van der Waals surface area (Å²) in [6.07, 6.45) is 0.895. The van der Waals surface area contributed by atoms with E-state index < -0.39 is 0 Å². The second-order valence-corrected chi connectivity index (χ2v) is 8.55. The van der Waals surface area contributed by atoms with Crippen LogP contribution in [0.15, 0.2) is 32.6 Å². The van der Waals surface area contributed by atoms with Gasteiger partial charge < -0.3 is 4.42 Å². The zero-order chi connectivity index (χ0) is 19.6. The number of fused-ring (bicyclic) bond motifs is 1. The van der Waals surface area contributed by atoms with E-state index in [0.29, 0.717) is 51.1 Å². The normalized spacial score (nSPS) is 11.8. The number of aromatic nitrogens is 4. The maximum absolute atomic E-state index is 13.0. The highest BCUT2D eigenvalue weighted by Crippen LogP contribution is 2.24. The third-order valence-electron chi connectivity index (χ3n) is 4.11. The molecule has 1 aromatic carbocycles. The summed E-state index contributed by atoms with van der Waals surface area (Å²) in [5.74, 6) is 2.27. The van der Waals surface area contributed by atoms with E-state index in [2.05, 4.69) is 29.0 Å². The highest BCUT2D eigenvalue weighted by Gasteiger charge is 2.15. The zero-order valence-electron chi connectivity index (χ0n) is 15.9. The molecule has 0 aliphatic carbocycles. The first-order chi connectivity index (χ1) is 12.8. The van der Waals surface area contributed by atoms with Gasteiger partial charge in [-0.05, 0) is 30.5 Å². The first kappa shape index (κ1) is 19.9. The summed E-state index contributed by atoms with van der Waals surface area (Å²) in [6.45, 7) is 8.90. The molecule has 0 aliphatic heterocycles. The standard InChI is InChI=1S/C19H23ClN4O2S/c1-11(2)7-8-24-18(25)14-6-5-13(20)9-15(14)21-19(24)27-10-16-22-23-17(26-16)12(3)4/h5-6,9,11-12H,7-8,10H2,1-4H3. The lowest BCUT2D eigenvalue weighted by Gasteiger charge is -2.14. The fraction of sp³-hybridized carbons (Fsp3) is 0.474. The molecule has 0 aliphatic rings. The van der Waals surface area contributed by atoms with Crippen LogP contribution in [0.5, 0.6) is 0 Å². The largest absolute Gasteiger partial charge is 0.424 e. The van der Waals surface area contributed by atoms with Gasteiger partial charge in [0.2, 0.25) is 11.8 Å². The van der Waals surface area contributed by atoms with Gasteiger partial charge in [0.25, 0.3) is 5.56 Å². The number of hydrogen-bond acceptors (Lipinski definition) is 6. The van der Waals surface area contributed by atoms with E-state index in [0.717, 1.165) is 6.42 Å². The Labute approximate surface area is 167 Å². The van der Waals surface area contributed by atoms with Crippen molar-refractivity contribution >= 4 is 34.3 Å². The molecule has 8 heteroatoms. The summed E-state index contributed by atoms with van der Waals surface area (Å²) in [4.78, 5) is 17.7. The predicted molar refractivity (Wildman–Crippen MR) is 108 cm³/mol. The fourth-order valence-corrected chi connectivity index (χ4v) is 3.58. The third-order valence-corrected chi connectivity index (χ3v) is 5.31. The van der Waals surface area contributed by atoms with Gasteiger partial charge in [0.15, 0.2) is 5.16 Å². The fourth-order valence-electron chi connectivity index (χ4n) is 2.55. The van der Waals surface area contributed by atoms with Crippen LogP contribution < -0.4 is 5.56 Å². The van der Waals surface area contributed by atoms with Crippen LogP contribution in [0.4, 0.5) is 0 Å². The van der Waals surface area contributed by atoms with E-state index in [9.17, 15) is 4.79 Å². The summed E-state index contributed by atoms with van der Waals surface area (Å²) in [7, 11) is 0. The van der Waals surface area contributed by atoms with Crippen LogP contribution in [0.3, 0.4) is 0 Å². The highest BCUT2D eigenvalue weighted by molar-refractivity contribution is 7.98. The summed E-state index contributed by atoms with van der Waals surface area (Å²) < 4.78 is 7.40. The second kappa shape index (κ2) is 8.44. The van der Waals surface area contributed by atoms with Crippen molar-refractivity contribution in [1.29, 1.82) is 0 Å². The molecule has 2 heterocycles. The number of hydrogen-bond donors (Lipinski definition) is 0. The Kier molecular flexibility index (Phi) is 6.22. The lowest BCUT2D eigenvalue weighted by Crippen LogP contribution is -2.24. The van der Waals surface area contributed by atoms with Crippen molar-refractivity contribution in [3.8, 4) is 0 Å². The summed E-state index contributed by atoms with van der Waals surface area (Å²) in [5.41, 5.74) is 0.553. The molecule has 0 radical (unpaired) electrons. The van der Waals surface area contributed by atoms with Crippen LogP contribution in [-0.2, 0) is 12.3 Å². The molecule has 0 fully saturated rings. The lowest BCUT2D eigenvalue weighted by atomic mass is 10.1. The van der Waals surface area contributed by atoms with Crippen LogP contribution >= 0.6 is 23.4 Å². The van der Waals surface area contributed by atoms with Crippen molar-refractivity contribution in [2.24, 2.45) is 5.92 Å². The Morgan fingerprint density at radius 1 is 1.22 bits per heavy atom. The number of nitrogens with zero attached hydrogens (tertiary/aromatic N) is 4. The molecule has 0 spiro atoms. The van der Waals surface area contributed by atoms with Gasteiger partial charge in [-0.15, -0.1) is 10.2 Å². The van der Waals surface area contributed by atoms with E-state index in [1.54, 1.807) is 22.8 Å². The van der Waals surface area contributed by atoms with E-state index in [4.69, 9.17) is 16.0 Å². The molecule has 0 saturated heterocycles. The molecule has 0 bridgehead atoms. The van der Waals surface area contributed by atoms with Crippen molar-refractivity contribution in [2.45, 2.75) is 57.5 Å².